The molecule has 1 aliphatic rings. The Morgan fingerprint density at radius 3 is 2.42 bits per heavy atom. The minimum atomic E-state index is -0.710. The zero-order valence-electron chi connectivity index (χ0n) is 8.20. The van der Waals surface area contributed by atoms with Gasteiger partial charge in [-0.1, -0.05) is 27.7 Å². The summed E-state index contributed by atoms with van der Waals surface area (Å²) in [5, 5.41) is 9.55. The van der Waals surface area contributed by atoms with Crippen molar-refractivity contribution < 1.29 is 14.6 Å². The van der Waals surface area contributed by atoms with Crippen LogP contribution in [0, 0.1) is 11.3 Å². The molecular weight excluding hydrogens is 156 g/mol. The third-order valence-corrected chi connectivity index (χ3v) is 2.10. The molecular formula is C9H18O3. The smallest absolute Gasteiger partial charge is 0.164 e. The van der Waals surface area contributed by atoms with Gasteiger partial charge in [-0.05, 0) is 0 Å². The average Bonchev–Trinajstić information content (AvgIpc) is 1.94. The lowest BCUT2D eigenvalue weighted by Gasteiger charge is -2.40. The van der Waals surface area contributed by atoms with Gasteiger partial charge in [0.15, 0.2) is 12.6 Å². The van der Waals surface area contributed by atoms with Crippen molar-refractivity contribution in [3.63, 3.8) is 0 Å². The molecule has 0 aromatic rings. The van der Waals surface area contributed by atoms with Crippen LogP contribution >= 0.6 is 0 Å². The van der Waals surface area contributed by atoms with Crippen LogP contribution in [0.3, 0.4) is 0 Å². The van der Waals surface area contributed by atoms with Crippen molar-refractivity contribution in [2.45, 2.75) is 40.3 Å². The lowest BCUT2D eigenvalue weighted by atomic mass is 9.93. The SMILES string of the molecule is CC(C)[C@H]1OCC(C)(C)[C@@H](O)O1. The molecule has 0 unspecified atom stereocenters. The van der Waals surface area contributed by atoms with Crippen LogP contribution in [0.1, 0.15) is 27.7 Å². The van der Waals surface area contributed by atoms with Crippen molar-refractivity contribution in [2.24, 2.45) is 11.3 Å². The summed E-state index contributed by atoms with van der Waals surface area (Å²) in [5.41, 5.74) is -0.286. The molecule has 0 spiro atoms. The maximum atomic E-state index is 9.55. The summed E-state index contributed by atoms with van der Waals surface area (Å²) in [4.78, 5) is 0. The molecule has 1 rings (SSSR count). The largest absolute Gasteiger partial charge is 0.367 e. The van der Waals surface area contributed by atoms with E-state index in [9.17, 15) is 5.11 Å². The molecule has 1 N–H and O–H groups in total. The van der Waals surface area contributed by atoms with Crippen molar-refractivity contribution in [3.8, 4) is 0 Å². The van der Waals surface area contributed by atoms with Gasteiger partial charge in [-0.2, -0.15) is 0 Å². The van der Waals surface area contributed by atoms with E-state index in [4.69, 9.17) is 9.47 Å². The predicted octanol–water partition coefficient (Wildman–Crippen LogP) is 1.36. The van der Waals surface area contributed by atoms with Crippen LogP contribution in [0.15, 0.2) is 0 Å². The molecule has 0 aliphatic carbocycles. The summed E-state index contributed by atoms with van der Waals surface area (Å²) < 4.78 is 10.7. The first-order chi connectivity index (χ1) is 5.43. The van der Waals surface area contributed by atoms with Gasteiger partial charge in [-0.3, -0.25) is 0 Å². The fourth-order valence-electron chi connectivity index (χ4n) is 1.07. The Labute approximate surface area is 73.7 Å². The van der Waals surface area contributed by atoms with Gasteiger partial charge in [0, 0.05) is 11.3 Å². The van der Waals surface area contributed by atoms with E-state index in [1.807, 2.05) is 27.7 Å². The molecule has 1 heterocycles. The number of rotatable bonds is 1. The third-order valence-electron chi connectivity index (χ3n) is 2.10. The van der Waals surface area contributed by atoms with Gasteiger partial charge in [0.05, 0.1) is 6.61 Å². The van der Waals surface area contributed by atoms with Gasteiger partial charge in [0.25, 0.3) is 0 Å². The van der Waals surface area contributed by atoms with Gasteiger partial charge >= 0.3 is 0 Å². The van der Waals surface area contributed by atoms with Crippen molar-refractivity contribution >= 4 is 0 Å². The summed E-state index contributed by atoms with van der Waals surface area (Å²) in [7, 11) is 0. The Kier molecular flexibility index (Phi) is 2.76. The topological polar surface area (TPSA) is 38.7 Å². The highest BCUT2D eigenvalue weighted by Crippen LogP contribution is 2.30. The fourth-order valence-corrected chi connectivity index (χ4v) is 1.07. The first kappa shape index (κ1) is 9.96. The third kappa shape index (κ3) is 1.97. The van der Waals surface area contributed by atoms with Crippen molar-refractivity contribution in [1.82, 2.24) is 0 Å². The molecule has 12 heavy (non-hydrogen) atoms. The molecule has 0 aromatic heterocycles. The van der Waals surface area contributed by atoms with Gasteiger partial charge in [0.2, 0.25) is 0 Å². The van der Waals surface area contributed by atoms with Gasteiger partial charge in [-0.15, -0.1) is 0 Å². The van der Waals surface area contributed by atoms with E-state index in [1.54, 1.807) is 0 Å². The summed E-state index contributed by atoms with van der Waals surface area (Å²) in [6.45, 7) is 8.42. The molecule has 72 valence electrons. The molecule has 0 amide bonds. The molecule has 0 bridgehead atoms. The van der Waals surface area contributed by atoms with Crippen LogP contribution in [0.5, 0.6) is 0 Å². The fraction of sp³-hybridized carbons (Fsp3) is 1.00. The maximum Gasteiger partial charge on any atom is 0.164 e. The highest BCUT2D eigenvalue weighted by Gasteiger charge is 2.37. The molecule has 2 atom stereocenters. The molecule has 3 nitrogen and oxygen atoms in total. The van der Waals surface area contributed by atoms with Gasteiger partial charge < -0.3 is 14.6 Å². The predicted molar refractivity (Wildman–Crippen MR) is 45.5 cm³/mol. The molecule has 3 heteroatoms. The van der Waals surface area contributed by atoms with Crippen molar-refractivity contribution in [2.75, 3.05) is 6.61 Å². The molecule has 1 fully saturated rings. The van der Waals surface area contributed by atoms with Crippen LogP contribution in [0.25, 0.3) is 0 Å². The second-order valence-electron chi connectivity index (χ2n) is 4.40. The Balaban J connectivity index is 2.52. The normalized spacial score (nSPS) is 35.5. The Bertz CT molecular complexity index is 154. The lowest BCUT2D eigenvalue weighted by molar-refractivity contribution is -0.329. The Morgan fingerprint density at radius 1 is 1.42 bits per heavy atom. The number of hydrogen-bond donors (Lipinski definition) is 1. The van der Waals surface area contributed by atoms with E-state index in [0.717, 1.165) is 0 Å². The second kappa shape index (κ2) is 3.32. The molecule has 1 saturated heterocycles. The van der Waals surface area contributed by atoms with Gasteiger partial charge in [0.1, 0.15) is 0 Å². The average molecular weight is 174 g/mol. The zero-order chi connectivity index (χ0) is 9.35. The summed E-state index contributed by atoms with van der Waals surface area (Å²) in [6.07, 6.45) is -0.966. The van der Waals surface area contributed by atoms with Crippen LogP contribution < -0.4 is 0 Å². The first-order valence-electron chi connectivity index (χ1n) is 4.38. The summed E-state index contributed by atoms with van der Waals surface area (Å²) >= 11 is 0. The van der Waals surface area contributed by atoms with Crippen LogP contribution in [0.2, 0.25) is 0 Å². The number of hydrogen-bond acceptors (Lipinski definition) is 3. The van der Waals surface area contributed by atoms with E-state index >= 15 is 0 Å². The monoisotopic (exact) mass is 174 g/mol. The van der Waals surface area contributed by atoms with Crippen molar-refractivity contribution in [1.29, 1.82) is 0 Å². The molecule has 1 aliphatic heterocycles. The van der Waals surface area contributed by atoms with E-state index in [2.05, 4.69) is 0 Å². The Hall–Kier alpha value is -0.120. The van der Waals surface area contributed by atoms with E-state index in [0.29, 0.717) is 6.61 Å². The maximum absolute atomic E-state index is 9.55. The molecule has 0 saturated carbocycles. The Morgan fingerprint density at radius 2 is 2.00 bits per heavy atom. The quantitative estimate of drug-likeness (QED) is 0.652. The number of aliphatic hydroxyl groups excluding tert-OH is 1. The summed E-state index contributed by atoms with van der Waals surface area (Å²) in [6, 6.07) is 0. The lowest BCUT2D eigenvalue weighted by Crippen LogP contribution is -2.47. The van der Waals surface area contributed by atoms with Crippen LogP contribution in [-0.2, 0) is 9.47 Å². The first-order valence-corrected chi connectivity index (χ1v) is 4.38. The standard InChI is InChI=1S/C9H18O3/c1-6(2)7-11-5-9(3,4)8(10)12-7/h6-8,10H,5H2,1-4H3/t7-,8-/m0/s1. The minimum absolute atomic E-state index is 0.256. The second-order valence-corrected chi connectivity index (χ2v) is 4.40. The van der Waals surface area contributed by atoms with Gasteiger partial charge in [-0.25, -0.2) is 0 Å². The number of ether oxygens (including phenoxy) is 2. The zero-order valence-corrected chi connectivity index (χ0v) is 8.20. The van der Waals surface area contributed by atoms with Crippen molar-refractivity contribution in [3.05, 3.63) is 0 Å². The molecule has 0 radical (unpaired) electrons. The minimum Gasteiger partial charge on any atom is -0.367 e. The summed E-state index contributed by atoms with van der Waals surface area (Å²) in [5.74, 6) is 0.288. The van der Waals surface area contributed by atoms with E-state index in [1.165, 1.54) is 0 Å². The van der Waals surface area contributed by atoms with Crippen LogP contribution in [-0.4, -0.2) is 24.3 Å². The van der Waals surface area contributed by atoms with E-state index in [-0.39, 0.29) is 17.6 Å². The molecule has 0 aromatic carbocycles. The number of aliphatic hydroxyl groups is 1. The van der Waals surface area contributed by atoms with E-state index < -0.39 is 6.29 Å². The van der Waals surface area contributed by atoms with Crippen LogP contribution in [0.4, 0.5) is 0 Å². The highest BCUT2D eigenvalue weighted by atomic mass is 16.7. The highest BCUT2D eigenvalue weighted by molar-refractivity contribution is 4.75.